The Balaban J connectivity index is 1.61. The van der Waals surface area contributed by atoms with E-state index in [1.807, 2.05) is 43.0 Å². The average molecular weight is 328 g/mol. The van der Waals surface area contributed by atoms with Gasteiger partial charge in [-0.15, -0.1) is 0 Å². The molecule has 0 radical (unpaired) electrons. The molecule has 2 aromatic rings. The highest BCUT2D eigenvalue weighted by Gasteiger charge is 2.29. The van der Waals surface area contributed by atoms with Gasteiger partial charge in [0.15, 0.2) is 0 Å². The zero-order valence-corrected chi connectivity index (χ0v) is 14.2. The van der Waals surface area contributed by atoms with Crippen LogP contribution < -0.4 is 5.73 Å². The Bertz CT molecular complexity index is 693. The summed E-state index contributed by atoms with van der Waals surface area (Å²) in [4.78, 5) is 14.5. The van der Waals surface area contributed by atoms with Gasteiger partial charge in [-0.1, -0.05) is 12.1 Å². The van der Waals surface area contributed by atoms with Gasteiger partial charge in [0.05, 0.1) is 30.3 Å². The number of anilines is 1. The van der Waals surface area contributed by atoms with Crippen molar-refractivity contribution >= 4 is 11.6 Å². The molecule has 3 N–H and O–H groups in total. The van der Waals surface area contributed by atoms with E-state index in [1.54, 1.807) is 6.20 Å². The fourth-order valence-electron chi connectivity index (χ4n) is 3.00. The molecular weight excluding hydrogens is 304 g/mol. The van der Waals surface area contributed by atoms with E-state index in [9.17, 15) is 4.79 Å². The number of nitrogen functional groups attached to an aromatic ring is 1. The molecule has 0 bridgehead atoms. The van der Waals surface area contributed by atoms with Crippen molar-refractivity contribution in [3.05, 3.63) is 47.3 Å². The van der Waals surface area contributed by atoms with Gasteiger partial charge in [-0.3, -0.25) is 9.89 Å². The Hall–Kier alpha value is -2.34. The largest absolute Gasteiger partial charge is 0.396 e. The lowest BCUT2D eigenvalue weighted by Gasteiger charge is -2.17. The minimum atomic E-state index is 0.0620. The van der Waals surface area contributed by atoms with Crippen LogP contribution in [0.2, 0.25) is 0 Å². The Morgan fingerprint density at radius 2 is 2.17 bits per heavy atom. The van der Waals surface area contributed by atoms with Gasteiger partial charge < -0.3 is 15.4 Å². The van der Waals surface area contributed by atoms with E-state index in [-0.39, 0.29) is 17.9 Å². The molecule has 1 aliphatic rings. The maximum Gasteiger partial charge on any atom is 0.253 e. The van der Waals surface area contributed by atoms with Gasteiger partial charge in [0.25, 0.3) is 5.91 Å². The summed E-state index contributed by atoms with van der Waals surface area (Å²) in [6, 6.07) is 7.66. The highest BCUT2D eigenvalue weighted by Crippen LogP contribution is 2.29. The normalized spacial score (nSPS) is 17.6. The van der Waals surface area contributed by atoms with Gasteiger partial charge >= 0.3 is 0 Å². The summed E-state index contributed by atoms with van der Waals surface area (Å²) in [5, 5.41) is 6.92. The summed E-state index contributed by atoms with van der Waals surface area (Å²) >= 11 is 0. The molecule has 2 heterocycles. The van der Waals surface area contributed by atoms with Crippen molar-refractivity contribution in [1.82, 2.24) is 15.1 Å². The van der Waals surface area contributed by atoms with E-state index in [0.717, 1.165) is 24.2 Å². The van der Waals surface area contributed by atoms with Gasteiger partial charge in [-0.2, -0.15) is 5.10 Å². The van der Waals surface area contributed by atoms with Crippen molar-refractivity contribution in [3.63, 3.8) is 0 Å². The molecule has 3 rings (SSSR count). The Labute approximate surface area is 142 Å². The van der Waals surface area contributed by atoms with E-state index in [4.69, 9.17) is 10.5 Å². The van der Waals surface area contributed by atoms with E-state index >= 15 is 0 Å². The van der Waals surface area contributed by atoms with E-state index in [1.165, 1.54) is 0 Å². The predicted molar refractivity (Wildman–Crippen MR) is 92.6 cm³/mol. The van der Waals surface area contributed by atoms with Crippen molar-refractivity contribution in [2.75, 3.05) is 18.8 Å². The number of likely N-dealkylation sites (tertiary alicyclic amines) is 1. The first kappa shape index (κ1) is 16.5. The molecule has 0 spiro atoms. The van der Waals surface area contributed by atoms with Crippen LogP contribution in [0.4, 0.5) is 5.69 Å². The summed E-state index contributed by atoms with van der Waals surface area (Å²) in [7, 11) is 0. The fraction of sp³-hybridized carbons (Fsp3) is 0.444. The summed E-state index contributed by atoms with van der Waals surface area (Å²) in [6.45, 7) is 5.99. The van der Waals surface area contributed by atoms with E-state index in [0.29, 0.717) is 24.4 Å². The number of aromatic amines is 1. The second-order valence-electron chi connectivity index (χ2n) is 6.53. The van der Waals surface area contributed by atoms with Crippen molar-refractivity contribution in [1.29, 1.82) is 0 Å². The van der Waals surface area contributed by atoms with Crippen LogP contribution in [-0.2, 0) is 11.3 Å². The van der Waals surface area contributed by atoms with Gasteiger partial charge in [0.2, 0.25) is 0 Å². The first-order valence-corrected chi connectivity index (χ1v) is 8.33. The maximum atomic E-state index is 12.7. The number of nitrogens with two attached hydrogens (primary N) is 1. The average Bonchev–Trinajstić information content (AvgIpc) is 3.21. The van der Waals surface area contributed by atoms with Crippen LogP contribution in [0, 0.1) is 0 Å². The molecule has 1 aromatic heterocycles. The SMILES string of the molecule is CC(C)OCc1ccc(C(=O)N2CCC(c3[nH]ncc3N)C2)cc1. The molecule has 24 heavy (non-hydrogen) atoms. The third-order valence-corrected chi connectivity index (χ3v) is 4.37. The summed E-state index contributed by atoms with van der Waals surface area (Å²) in [5.41, 5.74) is 9.30. The van der Waals surface area contributed by atoms with Gasteiger partial charge in [-0.25, -0.2) is 0 Å². The van der Waals surface area contributed by atoms with Crippen LogP contribution in [0.1, 0.15) is 47.8 Å². The maximum absolute atomic E-state index is 12.7. The summed E-state index contributed by atoms with van der Waals surface area (Å²) < 4.78 is 5.58. The molecule has 1 atom stereocenters. The molecule has 1 fully saturated rings. The number of ether oxygens (including phenoxy) is 1. The number of nitrogens with one attached hydrogen (secondary N) is 1. The lowest BCUT2D eigenvalue weighted by molar-refractivity contribution is 0.0656. The standard InChI is InChI=1S/C18H24N4O2/c1-12(2)24-11-13-3-5-14(6-4-13)18(23)22-8-7-15(10-22)17-16(19)9-20-21-17/h3-6,9,12,15H,7-8,10-11,19H2,1-2H3,(H,20,21). The number of H-pyrrole nitrogens is 1. The topological polar surface area (TPSA) is 84.2 Å². The van der Waals surface area contributed by atoms with Crippen molar-refractivity contribution in [3.8, 4) is 0 Å². The number of nitrogens with zero attached hydrogens (tertiary/aromatic N) is 2. The Kier molecular flexibility index (Phi) is 4.85. The summed E-state index contributed by atoms with van der Waals surface area (Å²) in [6.07, 6.45) is 2.72. The second-order valence-corrected chi connectivity index (χ2v) is 6.53. The zero-order chi connectivity index (χ0) is 17.1. The second kappa shape index (κ2) is 7.05. The van der Waals surface area contributed by atoms with E-state index < -0.39 is 0 Å². The lowest BCUT2D eigenvalue weighted by atomic mass is 10.0. The Morgan fingerprint density at radius 3 is 2.79 bits per heavy atom. The van der Waals surface area contributed by atoms with Crippen LogP contribution in [-0.4, -0.2) is 40.2 Å². The number of rotatable bonds is 5. The van der Waals surface area contributed by atoms with Gasteiger partial charge in [-0.05, 0) is 38.0 Å². The summed E-state index contributed by atoms with van der Waals surface area (Å²) in [5.74, 6) is 0.294. The molecule has 0 saturated carbocycles. The molecule has 6 heteroatoms. The van der Waals surface area contributed by atoms with Gasteiger partial charge in [0.1, 0.15) is 0 Å². The quantitative estimate of drug-likeness (QED) is 0.883. The number of hydrogen-bond acceptors (Lipinski definition) is 4. The van der Waals surface area contributed by atoms with Crippen LogP contribution in [0.25, 0.3) is 0 Å². The van der Waals surface area contributed by atoms with Crippen LogP contribution in [0.5, 0.6) is 0 Å². The number of carbonyl (C=O) groups excluding carboxylic acids is 1. The van der Waals surface area contributed by atoms with Crippen LogP contribution in [0.15, 0.2) is 30.5 Å². The number of amides is 1. The number of aromatic nitrogens is 2. The lowest BCUT2D eigenvalue weighted by Crippen LogP contribution is -2.28. The minimum Gasteiger partial charge on any atom is -0.396 e. The third-order valence-electron chi connectivity index (χ3n) is 4.37. The van der Waals surface area contributed by atoms with Crippen LogP contribution in [0.3, 0.4) is 0 Å². The highest BCUT2D eigenvalue weighted by molar-refractivity contribution is 5.94. The Morgan fingerprint density at radius 1 is 1.42 bits per heavy atom. The minimum absolute atomic E-state index is 0.0620. The van der Waals surface area contributed by atoms with Crippen molar-refractivity contribution in [2.24, 2.45) is 0 Å². The molecule has 1 saturated heterocycles. The molecule has 1 unspecified atom stereocenters. The van der Waals surface area contributed by atoms with Crippen molar-refractivity contribution in [2.45, 2.75) is 38.9 Å². The number of benzene rings is 1. The monoisotopic (exact) mass is 328 g/mol. The molecule has 1 amide bonds. The van der Waals surface area contributed by atoms with E-state index in [2.05, 4.69) is 10.2 Å². The molecule has 1 aliphatic heterocycles. The molecule has 6 nitrogen and oxygen atoms in total. The highest BCUT2D eigenvalue weighted by atomic mass is 16.5. The number of carbonyl (C=O) groups is 1. The van der Waals surface area contributed by atoms with Crippen LogP contribution >= 0.6 is 0 Å². The first-order chi connectivity index (χ1) is 11.5. The third kappa shape index (κ3) is 3.59. The molecule has 1 aromatic carbocycles. The number of hydrogen-bond donors (Lipinski definition) is 2. The molecular formula is C18H24N4O2. The molecule has 0 aliphatic carbocycles. The smallest absolute Gasteiger partial charge is 0.253 e. The van der Waals surface area contributed by atoms with Crippen molar-refractivity contribution < 1.29 is 9.53 Å². The first-order valence-electron chi connectivity index (χ1n) is 8.33. The zero-order valence-electron chi connectivity index (χ0n) is 14.2. The van der Waals surface area contributed by atoms with Gasteiger partial charge in [0, 0.05) is 24.6 Å². The fourth-order valence-corrected chi connectivity index (χ4v) is 3.00. The molecule has 128 valence electrons. The predicted octanol–water partition coefficient (Wildman–Crippen LogP) is 2.55.